The number of nitrogens with zero attached hydrogens (tertiary/aromatic N) is 1. The van der Waals surface area contributed by atoms with E-state index in [2.05, 4.69) is 4.98 Å². The van der Waals surface area contributed by atoms with Crippen molar-refractivity contribution < 1.29 is 8.83 Å². The van der Waals surface area contributed by atoms with Crippen molar-refractivity contribution >= 4 is 22.5 Å². The van der Waals surface area contributed by atoms with Crippen LogP contribution >= 0.6 is 0 Å². The van der Waals surface area contributed by atoms with Crippen molar-refractivity contribution in [2.24, 2.45) is 0 Å². The Kier molecular flexibility index (Phi) is 2.78. The van der Waals surface area contributed by atoms with Crippen LogP contribution in [0.25, 0.3) is 11.1 Å². The van der Waals surface area contributed by atoms with E-state index >= 15 is 0 Å². The summed E-state index contributed by atoms with van der Waals surface area (Å²) in [6, 6.07) is 5.40. The largest absolute Gasteiger partial charge is 0.469 e. The van der Waals surface area contributed by atoms with Crippen LogP contribution in [0.2, 0.25) is 0 Å². The highest BCUT2D eigenvalue weighted by atomic mass is 16.4. The van der Waals surface area contributed by atoms with Crippen molar-refractivity contribution in [3.05, 3.63) is 46.3 Å². The predicted molar refractivity (Wildman–Crippen MR) is 76.8 cm³/mol. The summed E-state index contributed by atoms with van der Waals surface area (Å²) in [5, 5.41) is 0. The fourth-order valence-electron chi connectivity index (χ4n) is 2.25. The number of aromatic nitrogens is 1. The van der Waals surface area contributed by atoms with E-state index in [1.165, 1.54) is 0 Å². The molecule has 20 heavy (non-hydrogen) atoms. The molecule has 0 bridgehead atoms. The molecule has 2 aromatic heterocycles. The minimum Gasteiger partial charge on any atom is -0.469 e. The Balaban J connectivity index is 1.98. The number of anilines is 2. The highest BCUT2D eigenvalue weighted by Crippen LogP contribution is 2.28. The van der Waals surface area contributed by atoms with Gasteiger partial charge in [-0.1, -0.05) is 0 Å². The number of rotatable bonds is 3. The molecule has 0 radical (unpaired) electrons. The van der Waals surface area contributed by atoms with Gasteiger partial charge in [-0.05, 0) is 19.1 Å². The maximum absolute atomic E-state index is 11.2. The Labute approximate surface area is 114 Å². The maximum Gasteiger partial charge on any atom is 0.417 e. The van der Waals surface area contributed by atoms with Gasteiger partial charge in [-0.2, -0.15) is 0 Å². The molecule has 0 spiro atoms. The SMILES string of the molecule is Cc1occc1CN(C)c1cc2[nH]c(=O)oc2cc1N. The number of oxazole rings is 1. The van der Waals surface area contributed by atoms with Crippen molar-refractivity contribution in [2.75, 3.05) is 17.7 Å². The van der Waals surface area contributed by atoms with Crippen LogP contribution in [-0.2, 0) is 6.54 Å². The van der Waals surface area contributed by atoms with Gasteiger partial charge >= 0.3 is 5.76 Å². The molecule has 3 aromatic rings. The summed E-state index contributed by atoms with van der Waals surface area (Å²) in [6.45, 7) is 2.59. The number of nitrogen functional groups attached to an aromatic ring is 1. The van der Waals surface area contributed by atoms with E-state index in [1.807, 2.05) is 31.0 Å². The van der Waals surface area contributed by atoms with Crippen molar-refractivity contribution in [3.8, 4) is 0 Å². The molecule has 0 unspecified atom stereocenters. The minimum atomic E-state index is -0.482. The molecule has 2 heterocycles. The van der Waals surface area contributed by atoms with Crippen LogP contribution in [0.1, 0.15) is 11.3 Å². The average Bonchev–Trinajstić information content (AvgIpc) is 2.93. The van der Waals surface area contributed by atoms with E-state index in [4.69, 9.17) is 14.6 Å². The number of aromatic amines is 1. The molecular weight excluding hydrogens is 258 g/mol. The number of benzene rings is 1. The van der Waals surface area contributed by atoms with E-state index in [1.54, 1.807) is 12.3 Å². The van der Waals surface area contributed by atoms with Crippen LogP contribution < -0.4 is 16.4 Å². The summed E-state index contributed by atoms with van der Waals surface area (Å²) < 4.78 is 10.3. The Morgan fingerprint density at radius 2 is 2.20 bits per heavy atom. The molecule has 3 N–H and O–H groups in total. The second-order valence-corrected chi connectivity index (χ2v) is 4.78. The van der Waals surface area contributed by atoms with Gasteiger partial charge in [0.15, 0.2) is 5.58 Å². The number of nitrogens with one attached hydrogen (secondary N) is 1. The molecule has 0 amide bonds. The second kappa shape index (κ2) is 4.48. The first-order chi connectivity index (χ1) is 9.54. The van der Waals surface area contributed by atoms with Crippen molar-refractivity contribution in [3.63, 3.8) is 0 Å². The summed E-state index contributed by atoms with van der Waals surface area (Å²) in [7, 11) is 1.93. The molecule has 0 aliphatic rings. The minimum absolute atomic E-state index is 0.462. The fourth-order valence-corrected chi connectivity index (χ4v) is 2.25. The normalized spacial score (nSPS) is 11.1. The lowest BCUT2D eigenvalue weighted by atomic mass is 10.2. The zero-order valence-electron chi connectivity index (χ0n) is 11.3. The highest BCUT2D eigenvalue weighted by Gasteiger charge is 2.12. The predicted octanol–water partition coefficient (Wildman–Crippen LogP) is 2.24. The topological polar surface area (TPSA) is 88.4 Å². The van der Waals surface area contributed by atoms with Crippen molar-refractivity contribution in [1.29, 1.82) is 0 Å². The van der Waals surface area contributed by atoms with E-state index in [0.29, 0.717) is 23.3 Å². The molecule has 3 rings (SSSR count). The molecule has 0 aliphatic carbocycles. The third-order valence-corrected chi connectivity index (χ3v) is 3.35. The lowest BCUT2D eigenvalue weighted by molar-refractivity contribution is 0.529. The van der Waals surface area contributed by atoms with Gasteiger partial charge in [0.1, 0.15) is 5.76 Å². The number of fused-ring (bicyclic) bond motifs is 1. The monoisotopic (exact) mass is 273 g/mol. The van der Waals surface area contributed by atoms with Crippen LogP contribution in [0.3, 0.4) is 0 Å². The number of nitrogens with two attached hydrogens (primary N) is 1. The number of hydrogen-bond donors (Lipinski definition) is 2. The third kappa shape index (κ3) is 2.05. The smallest absolute Gasteiger partial charge is 0.417 e. The van der Waals surface area contributed by atoms with Crippen molar-refractivity contribution in [1.82, 2.24) is 4.98 Å². The number of hydrogen-bond acceptors (Lipinski definition) is 5. The van der Waals surface area contributed by atoms with Gasteiger partial charge in [-0.25, -0.2) is 4.79 Å². The van der Waals surface area contributed by atoms with Gasteiger partial charge in [0.05, 0.1) is 23.2 Å². The standard InChI is InChI=1S/C14H15N3O3/c1-8-9(3-4-19-8)7-17(2)12-6-11-13(5-10(12)15)20-14(18)16-11/h3-6H,7,15H2,1-2H3,(H,16,18). The van der Waals surface area contributed by atoms with Crippen molar-refractivity contribution in [2.45, 2.75) is 13.5 Å². The van der Waals surface area contributed by atoms with Crippen LogP contribution in [-0.4, -0.2) is 12.0 Å². The summed E-state index contributed by atoms with van der Waals surface area (Å²) >= 11 is 0. The molecule has 6 nitrogen and oxygen atoms in total. The number of aryl methyl sites for hydroxylation is 1. The quantitative estimate of drug-likeness (QED) is 0.714. The van der Waals surface area contributed by atoms with Crippen LogP contribution in [0, 0.1) is 6.92 Å². The summed E-state index contributed by atoms with van der Waals surface area (Å²) in [5.41, 5.74) is 9.60. The highest BCUT2D eigenvalue weighted by molar-refractivity contribution is 5.85. The molecule has 6 heteroatoms. The zero-order valence-corrected chi connectivity index (χ0v) is 11.3. The van der Waals surface area contributed by atoms with E-state index < -0.39 is 5.76 Å². The van der Waals surface area contributed by atoms with E-state index in [9.17, 15) is 4.79 Å². The van der Waals surface area contributed by atoms with Gasteiger partial charge in [0.25, 0.3) is 0 Å². The Hall–Kier alpha value is -2.63. The Bertz CT molecular complexity index is 813. The van der Waals surface area contributed by atoms with E-state index in [0.717, 1.165) is 17.0 Å². The van der Waals surface area contributed by atoms with E-state index in [-0.39, 0.29) is 0 Å². The lowest BCUT2D eigenvalue weighted by Gasteiger charge is -2.20. The van der Waals surface area contributed by atoms with Crippen LogP contribution in [0.15, 0.2) is 38.1 Å². The molecule has 0 aliphatic heterocycles. The van der Waals surface area contributed by atoms with Crippen LogP contribution in [0.4, 0.5) is 11.4 Å². The summed E-state index contributed by atoms with van der Waals surface area (Å²) in [4.78, 5) is 15.8. The second-order valence-electron chi connectivity index (χ2n) is 4.78. The lowest BCUT2D eigenvalue weighted by Crippen LogP contribution is -2.17. The Morgan fingerprint density at radius 1 is 1.40 bits per heavy atom. The Morgan fingerprint density at radius 3 is 2.90 bits per heavy atom. The molecule has 0 atom stereocenters. The first kappa shape index (κ1) is 12.4. The molecule has 0 saturated heterocycles. The zero-order chi connectivity index (χ0) is 14.3. The molecule has 1 aromatic carbocycles. The molecule has 104 valence electrons. The fraction of sp³-hybridized carbons (Fsp3) is 0.214. The maximum atomic E-state index is 11.2. The van der Waals surface area contributed by atoms with Gasteiger partial charge in [0, 0.05) is 25.2 Å². The van der Waals surface area contributed by atoms with Gasteiger partial charge < -0.3 is 19.5 Å². The summed E-state index contributed by atoms with van der Waals surface area (Å²) in [6.07, 6.45) is 1.67. The summed E-state index contributed by atoms with van der Waals surface area (Å²) in [5.74, 6) is 0.401. The van der Waals surface area contributed by atoms with Gasteiger partial charge in [-0.3, -0.25) is 4.98 Å². The third-order valence-electron chi connectivity index (χ3n) is 3.35. The molecular formula is C14H15N3O3. The number of furan rings is 1. The first-order valence-corrected chi connectivity index (χ1v) is 6.21. The van der Waals surface area contributed by atoms with Gasteiger partial charge in [-0.15, -0.1) is 0 Å². The van der Waals surface area contributed by atoms with Gasteiger partial charge in [0.2, 0.25) is 0 Å². The molecule has 0 fully saturated rings. The average molecular weight is 273 g/mol. The number of H-pyrrole nitrogens is 1. The van der Waals surface area contributed by atoms with Crippen LogP contribution in [0.5, 0.6) is 0 Å². The first-order valence-electron chi connectivity index (χ1n) is 6.21. The molecule has 0 saturated carbocycles.